The molecule has 0 aliphatic rings. The number of hydrogen-bond donors (Lipinski definition) is 4. The van der Waals surface area contributed by atoms with Gasteiger partial charge in [-0.05, 0) is 72.5 Å². The van der Waals surface area contributed by atoms with Crippen molar-refractivity contribution in [3.05, 3.63) is 108 Å². The van der Waals surface area contributed by atoms with Gasteiger partial charge in [0.1, 0.15) is 21.2 Å². The van der Waals surface area contributed by atoms with E-state index in [-0.39, 0.29) is 43.3 Å². The molecular weight excluding hydrogens is 653 g/mol. The van der Waals surface area contributed by atoms with Crippen molar-refractivity contribution in [2.45, 2.75) is 23.6 Å². The van der Waals surface area contributed by atoms with Crippen LogP contribution in [-0.4, -0.2) is 25.9 Å². The summed E-state index contributed by atoms with van der Waals surface area (Å²) in [7, 11) is -9.09. The predicted octanol–water partition coefficient (Wildman–Crippen LogP) is 8.77. The van der Waals surface area contributed by atoms with E-state index in [4.69, 9.17) is 11.5 Å². The third-order valence-electron chi connectivity index (χ3n) is 7.87. The van der Waals surface area contributed by atoms with E-state index in [0.717, 1.165) is 22.3 Å². The Kier molecular flexibility index (Phi) is 8.26. The Hall–Kier alpha value is -5.54. The summed E-state index contributed by atoms with van der Waals surface area (Å²) in [5.74, 6) is 0. The fourth-order valence-electron chi connectivity index (χ4n) is 5.40. The Morgan fingerprint density at radius 3 is 1.15 bits per heavy atom. The summed E-state index contributed by atoms with van der Waals surface area (Å²) < 4.78 is 67.8. The molecule has 0 bridgehead atoms. The zero-order chi connectivity index (χ0) is 34.4. The predicted molar refractivity (Wildman–Crippen MR) is 186 cm³/mol. The first-order valence-corrected chi connectivity index (χ1v) is 17.2. The molecule has 0 spiro atoms. The lowest BCUT2D eigenvalue weighted by molar-refractivity contribution is 0.482. The zero-order valence-electron chi connectivity index (χ0n) is 25.5. The number of rotatable bonds is 7. The molecule has 0 saturated heterocycles. The normalized spacial score (nSPS) is 12.5. The maximum atomic E-state index is 12.1. The van der Waals surface area contributed by atoms with E-state index in [1.807, 2.05) is 38.1 Å². The average Bonchev–Trinajstić information content (AvgIpc) is 3.04. The Balaban J connectivity index is 1.28. The van der Waals surface area contributed by atoms with E-state index >= 15 is 0 Å². The van der Waals surface area contributed by atoms with Gasteiger partial charge in [-0.25, -0.2) is 0 Å². The van der Waals surface area contributed by atoms with Crippen molar-refractivity contribution in [3.63, 3.8) is 0 Å². The largest absolute Gasteiger partial charge is 0.396 e. The zero-order valence-corrected chi connectivity index (χ0v) is 27.2. The highest BCUT2D eigenvalue weighted by molar-refractivity contribution is 7.86. The molecule has 0 aliphatic carbocycles. The number of nitrogen functional groups attached to an aromatic ring is 2. The van der Waals surface area contributed by atoms with Crippen LogP contribution in [0, 0.1) is 13.8 Å². The van der Waals surface area contributed by atoms with E-state index in [1.165, 1.54) is 12.1 Å². The van der Waals surface area contributed by atoms with Crippen LogP contribution in [0.3, 0.4) is 0 Å². The molecule has 0 aromatic heterocycles. The highest BCUT2D eigenvalue weighted by Gasteiger charge is 2.20. The highest BCUT2D eigenvalue weighted by Crippen LogP contribution is 2.39. The van der Waals surface area contributed by atoms with Crippen LogP contribution in [0.25, 0.3) is 32.7 Å². The van der Waals surface area contributed by atoms with Gasteiger partial charge in [0.25, 0.3) is 20.2 Å². The Labute approximate surface area is 276 Å². The molecule has 6 N–H and O–H groups in total. The van der Waals surface area contributed by atoms with E-state index in [2.05, 4.69) is 20.5 Å². The number of anilines is 2. The number of azo groups is 2. The third kappa shape index (κ3) is 6.24. The molecule has 12 nitrogen and oxygen atoms in total. The number of nitrogens with zero attached hydrogens (tertiary/aromatic N) is 4. The number of aryl methyl sites for hydroxylation is 2. The fourth-order valence-corrected chi connectivity index (χ4v) is 6.84. The monoisotopic (exact) mass is 680 g/mol. The lowest BCUT2D eigenvalue weighted by atomic mass is 10.0. The minimum Gasteiger partial charge on any atom is -0.396 e. The maximum Gasteiger partial charge on any atom is 0.295 e. The first-order chi connectivity index (χ1) is 22.7. The van der Waals surface area contributed by atoms with Gasteiger partial charge in [-0.2, -0.15) is 27.1 Å². The lowest BCUT2D eigenvalue weighted by Gasteiger charge is -2.10. The summed E-state index contributed by atoms with van der Waals surface area (Å²) in [6.07, 6.45) is 0. The van der Waals surface area contributed by atoms with Gasteiger partial charge in [0.15, 0.2) is 0 Å². The van der Waals surface area contributed by atoms with Crippen molar-refractivity contribution in [1.82, 2.24) is 0 Å². The van der Waals surface area contributed by atoms with Gasteiger partial charge in [-0.3, -0.25) is 9.11 Å². The fraction of sp³-hybridized carbons (Fsp3) is 0.0588. The van der Waals surface area contributed by atoms with E-state index in [9.17, 15) is 25.9 Å². The molecule has 0 atom stereocenters. The molecule has 242 valence electrons. The first kappa shape index (κ1) is 32.4. The number of hydrogen-bond acceptors (Lipinski definition) is 10. The van der Waals surface area contributed by atoms with Crippen LogP contribution in [-0.2, 0) is 20.2 Å². The summed E-state index contributed by atoms with van der Waals surface area (Å²) in [5, 5.41) is 18.5. The van der Waals surface area contributed by atoms with Gasteiger partial charge in [0, 0.05) is 21.5 Å². The molecule has 6 aromatic rings. The van der Waals surface area contributed by atoms with Crippen molar-refractivity contribution in [2.24, 2.45) is 20.5 Å². The lowest BCUT2D eigenvalue weighted by Crippen LogP contribution is -2.01. The summed E-state index contributed by atoms with van der Waals surface area (Å²) in [6.45, 7) is 3.71. The van der Waals surface area contributed by atoms with Gasteiger partial charge in [-0.15, -0.1) is 10.2 Å². The van der Waals surface area contributed by atoms with Gasteiger partial charge in [0.05, 0.1) is 22.7 Å². The maximum absolute atomic E-state index is 12.1. The molecular formula is C34H28N6O6S2. The molecule has 0 saturated carbocycles. The minimum atomic E-state index is -4.54. The molecule has 0 fully saturated rings. The van der Waals surface area contributed by atoms with Crippen LogP contribution in [0.1, 0.15) is 11.1 Å². The number of benzene rings is 6. The third-order valence-corrected chi connectivity index (χ3v) is 9.65. The summed E-state index contributed by atoms with van der Waals surface area (Å²) in [5.41, 5.74) is 17.6. The Morgan fingerprint density at radius 1 is 0.479 bits per heavy atom. The van der Waals surface area contributed by atoms with Crippen LogP contribution < -0.4 is 11.5 Å². The first-order valence-electron chi connectivity index (χ1n) is 14.3. The molecule has 48 heavy (non-hydrogen) atoms. The topological polar surface area (TPSA) is 210 Å². The van der Waals surface area contributed by atoms with Gasteiger partial charge < -0.3 is 11.5 Å². The van der Waals surface area contributed by atoms with Crippen LogP contribution in [0.15, 0.2) is 127 Å². The van der Waals surface area contributed by atoms with Gasteiger partial charge in [-0.1, -0.05) is 60.7 Å². The second kappa shape index (κ2) is 12.2. The molecule has 0 radical (unpaired) electrons. The van der Waals surface area contributed by atoms with E-state index in [0.29, 0.717) is 22.1 Å². The number of nitrogens with two attached hydrogens (primary N) is 2. The smallest absolute Gasteiger partial charge is 0.295 e. The van der Waals surface area contributed by atoms with Gasteiger partial charge in [0.2, 0.25) is 0 Å². The highest BCUT2D eigenvalue weighted by atomic mass is 32.2. The average molecular weight is 681 g/mol. The quantitative estimate of drug-likeness (QED) is 0.0725. The van der Waals surface area contributed by atoms with Gasteiger partial charge >= 0.3 is 0 Å². The molecule has 0 unspecified atom stereocenters. The molecule has 0 amide bonds. The summed E-state index contributed by atoms with van der Waals surface area (Å²) in [6, 6.07) is 26.6. The molecule has 0 aliphatic heterocycles. The molecule has 6 aromatic carbocycles. The summed E-state index contributed by atoms with van der Waals surface area (Å²) >= 11 is 0. The SMILES string of the molecule is Cc1cc(-c2ccc(/N=N/c3cc(S(=O)(=O)O)c4ccccc4c3N)c(C)c2)ccc1/N=N/c1cc(S(=O)(=O)O)c2ccccc2c1N. The van der Waals surface area contributed by atoms with E-state index < -0.39 is 20.2 Å². The Bertz CT molecular complexity index is 2390. The Morgan fingerprint density at radius 2 is 0.812 bits per heavy atom. The number of fused-ring (bicyclic) bond motifs is 2. The minimum absolute atomic E-state index is 0.102. The molecule has 6 rings (SSSR count). The van der Waals surface area contributed by atoms with Crippen molar-refractivity contribution >= 4 is 75.9 Å². The standard InChI is InChI=1S/C34H28N6O6S2/c1-19-15-21(11-13-27(19)37-39-29-17-31(47(41,42)43)23-7-3-5-9-25(23)33(29)35)22-12-14-28(20(2)16-22)38-40-30-18-32(48(44,45)46)24-8-4-6-10-26(24)34(30)36/h3-18H,35-36H2,1-2H3,(H,41,42,43)(H,44,45,46)/b39-37+,40-38+. The van der Waals surface area contributed by atoms with Crippen molar-refractivity contribution in [1.29, 1.82) is 0 Å². The van der Waals surface area contributed by atoms with Crippen LogP contribution in [0.2, 0.25) is 0 Å². The summed E-state index contributed by atoms with van der Waals surface area (Å²) in [4.78, 5) is -0.620. The second-order valence-corrected chi connectivity index (χ2v) is 13.8. The second-order valence-electron chi connectivity index (χ2n) is 11.1. The van der Waals surface area contributed by atoms with Crippen molar-refractivity contribution in [3.8, 4) is 11.1 Å². The van der Waals surface area contributed by atoms with Crippen LogP contribution in [0.4, 0.5) is 34.1 Å². The van der Waals surface area contributed by atoms with E-state index in [1.54, 1.807) is 60.7 Å². The van der Waals surface area contributed by atoms with Crippen molar-refractivity contribution in [2.75, 3.05) is 11.5 Å². The molecule has 14 heteroatoms. The van der Waals surface area contributed by atoms with Crippen LogP contribution in [0.5, 0.6) is 0 Å². The molecule has 0 heterocycles. The van der Waals surface area contributed by atoms with Crippen LogP contribution >= 0.6 is 0 Å². The van der Waals surface area contributed by atoms with Crippen molar-refractivity contribution < 1.29 is 25.9 Å².